The third-order valence-corrected chi connectivity index (χ3v) is 4.93. The average Bonchev–Trinajstić information content (AvgIpc) is 2.26. The van der Waals surface area contributed by atoms with Crippen molar-refractivity contribution in [2.45, 2.75) is 49.3 Å². The lowest BCUT2D eigenvalue weighted by Crippen LogP contribution is -2.48. The van der Waals surface area contributed by atoms with E-state index in [1.165, 1.54) is 24.2 Å². The van der Waals surface area contributed by atoms with Crippen molar-refractivity contribution in [2.24, 2.45) is 11.1 Å². The van der Waals surface area contributed by atoms with Gasteiger partial charge >= 0.3 is 0 Å². The van der Waals surface area contributed by atoms with Crippen LogP contribution in [0.1, 0.15) is 33.1 Å². The summed E-state index contributed by atoms with van der Waals surface area (Å²) in [5, 5.41) is 0.547. The standard InChI is InChI=1S/C13H20N2S/c1-13(2)7-3-4-11(12(13)14)16-10-5-8-15-9-6-10/h5-6,8-9,11-12H,3-4,7,14H2,1-2H3. The Hall–Kier alpha value is -0.540. The van der Waals surface area contributed by atoms with Gasteiger partial charge in [-0.05, 0) is 30.4 Å². The fourth-order valence-corrected chi connectivity index (χ4v) is 3.76. The van der Waals surface area contributed by atoms with Crippen LogP contribution in [0, 0.1) is 5.41 Å². The van der Waals surface area contributed by atoms with Gasteiger partial charge in [-0.25, -0.2) is 0 Å². The van der Waals surface area contributed by atoms with Crippen LogP contribution in [0.4, 0.5) is 0 Å². The lowest BCUT2D eigenvalue weighted by Gasteiger charge is -2.41. The number of pyridine rings is 1. The Morgan fingerprint density at radius 1 is 1.38 bits per heavy atom. The van der Waals surface area contributed by atoms with Crippen LogP contribution in [0.15, 0.2) is 29.4 Å². The highest BCUT2D eigenvalue weighted by Gasteiger charge is 2.36. The van der Waals surface area contributed by atoms with Gasteiger partial charge in [-0.3, -0.25) is 4.98 Å². The van der Waals surface area contributed by atoms with Crippen LogP contribution in [0.5, 0.6) is 0 Å². The van der Waals surface area contributed by atoms with Crippen LogP contribution < -0.4 is 5.73 Å². The van der Waals surface area contributed by atoms with Gasteiger partial charge < -0.3 is 5.73 Å². The summed E-state index contributed by atoms with van der Waals surface area (Å²) >= 11 is 1.91. The smallest absolute Gasteiger partial charge is 0.0278 e. The van der Waals surface area contributed by atoms with E-state index in [9.17, 15) is 0 Å². The molecule has 1 fully saturated rings. The topological polar surface area (TPSA) is 38.9 Å². The van der Waals surface area contributed by atoms with Crippen molar-refractivity contribution in [1.82, 2.24) is 4.98 Å². The highest BCUT2D eigenvalue weighted by Crippen LogP contribution is 2.41. The van der Waals surface area contributed by atoms with Crippen LogP contribution in [-0.2, 0) is 0 Å². The minimum absolute atomic E-state index is 0.281. The summed E-state index contributed by atoms with van der Waals surface area (Å²) in [6.07, 6.45) is 7.48. The zero-order chi connectivity index (χ0) is 11.6. The number of rotatable bonds is 2. The maximum Gasteiger partial charge on any atom is 0.0278 e. The molecule has 2 unspecified atom stereocenters. The molecule has 1 aromatic heterocycles. The fraction of sp³-hybridized carbons (Fsp3) is 0.615. The van der Waals surface area contributed by atoms with E-state index < -0.39 is 0 Å². The van der Waals surface area contributed by atoms with Crippen LogP contribution in [0.2, 0.25) is 0 Å². The predicted octanol–water partition coefficient (Wildman–Crippen LogP) is 3.08. The SMILES string of the molecule is CC1(C)CCCC(Sc2ccncc2)C1N. The average molecular weight is 236 g/mol. The normalized spacial score (nSPS) is 28.9. The lowest BCUT2D eigenvalue weighted by molar-refractivity contribution is 0.208. The molecule has 88 valence electrons. The molecule has 16 heavy (non-hydrogen) atoms. The fourth-order valence-electron chi connectivity index (χ4n) is 2.33. The lowest BCUT2D eigenvalue weighted by atomic mass is 9.73. The zero-order valence-electron chi connectivity index (χ0n) is 10.0. The maximum absolute atomic E-state index is 6.37. The number of hydrogen-bond donors (Lipinski definition) is 1. The second-order valence-corrected chi connectivity index (χ2v) is 6.56. The molecule has 0 radical (unpaired) electrons. The molecule has 1 heterocycles. The molecular formula is C13H20N2S. The molecule has 0 bridgehead atoms. The van der Waals surface area contributed by atoms with Gasteiger partial charge in [0.15, 0.2) is 0 Å². The quantitative estimate of drug-likeness (QED) is 0.857. The second kappa shape index (κ2) is 4.76. The molecule has 2 rings (SSSR count). The summed E-state index contributed by atoms with van der Waals surface area (Å²) in [5.74, 6) is 0. The molecule has 1 aliphatic carbocycles. The third-order valence-electron chi connectivity index (χ3n) is 3.55. The van der Waals surface area contributed by atoms with Crippen molar-refractivity contribution in [3.8, 4) is 0 Å². The van der Waals surface area contributed by atoms with Gasteiger partial charge in [-0.2, -0.15) is 0 Å². The first-order chi connectivity index (χ1) is 7.59. The number of nitrogens with two attached hydrogens (primary N) is 1. The first-order valence-electron chi connectivity index (χ1n) is 5.92. The molecule has 1 aliphatic rings. The third kappa shape index (κ3) is 2.58. The van der Waals surface area contributed by atoms with Crippen molar-refractivity contribution in [3.05, 3.63) is 24.5 Å². The molecular weight excluding hydrogens is 216 g/mol. The summed E-state index contributed by atoms with van der Waals surface area (Å²) in [5.41, 5.74) is 6.65. The van der Waals surface area contributed by atoms with Crippen LogP contribution in [0.25, 0.3) is 0 Å². The van der Waals surface area contributed by atoms with E-state index in [4.69, 9.17) is 5.73 Å². The summed E-state index contributed by atoms with van der Waals surface area (Å²) < 4.78 is 0. The summed E-state index contributed by atoms with van der Waals surface area (Å²) in [7, 11) is 0. The van der Waals surface area contributed by atoms with E-state index in [-0.39, 0.29) is 5.41 Å². The van der Waals surface area contributed by atoms with E-state index in [0.717, 1.165) is 0 Å². The molecule has 1 aromatic rings. The van der Waals surface area contributed by atoms with Crippen LogP contribution in [0.3, 0.4) is 0 Å². The Bertz CT molecular complexity index is 337. The molecule has 0 amide bonds. The minimum atomic E-state index is 0.281. The minimum Gasteiger partial charge on any atom is -0.326 e. The highest BCUT2D eigenvalue weighted by molar-refractivity contribution is 8.00. The van der Waals surface area contributed by atoms with E-state index in [2.05, 4.69) is 31.0 Å². The van der Waals surface area contributed by atoms with E-state index in [1.807, 2.05) is 24.2 Å². The largest absolute Gasteiger partial charge is 0.326 e. The monoisotopic (exact) mass is 236 g/mol. The summed E-state index contributed by atoms with van der Waals surface area (Å²) in [6.45, 7) is 4.58. The molecule has 0 spiro atoms. The maximum atomic E-state index is 6.37. The van der Waals surface area contributed by atoms with Gasteiger partial charge in [0.05, 0.1) is 0 Å². The highest BCUT2D eigenvalue weighted by atomic mass is 32.2. The zero-order valence-corrected chi connectivity index (χ0v) is 10.8. The van der Waals surface area contributed by atoms with Crippen molar-refractivity contribution in [3.63, 3.8) is 0 Å². The summed E-state index contributed by atoms with van der Waals surface area (Å²) in [6, 6.07) is 4.43. The van der Waals surface area contributed by atoms with Gasteiger partial charge in [0, 0.05) is 28.6 Å². The Morgan fingerprint density at radius 3 is 2.75 bits per heavy atom. The Morgan fingerprint density at radius 2 is 2.06 bits per heavy atom. The van der Waals surface area contributed by atoms with Gasteiger partial charge in [0.25, 0.3) is 0 Å². The van der Waals surface area contributed by atoms with E-state index in [0.29, 0.717) is 11.3 Å². The van der Waals surface area contributed by atoms with Crippen molar-refractivity contribution in [2.75, 3.05) is 0 Å². The molecule has 2 N–H and O–H groups in total. The molecule has 0 saturated heterocycles. The number of aromatic nitrogens is 1. The van der Waals surface area contributed by atoms with Crippen molar-refractivity contribution >= 4 is 11.8 Å². The first-order valence-corrected chi connectivity index (χ1v) is 6.80. The molecule has 3 heteroatoms. The van der Waals surface area contributed by atoms with Gasteiger partial charge in [-0.15, -0.1) is 11.8 Å². The molecule has 1 saturated carbocycles. The Balaban J connectivity index is 2.05. The van der Waals surface area contributed by atoms with Gasteiger partial charge in [0.1, 0.15) is 0 Å². The predicted molar refractivity (Wildman–Crippen MR) is 69.5 cm³/mol. The Labute approximate surface area is 102 Å². The van der Waals surface area contributed by atoms with Crippen LogP contribution >= 0.6 is 11.8 Å². The van der Waals surface area contributed by atoms with Crippen molar-refractivity contribution in [1.29, 1.82) is 0 Å². The van der Waals surface area contributed by atoms with Gasteiger partial charge in [0.2, 0.25) is 0 Å². The second-order valence-electron chi connectivity index (χ2n) is 5.25. The Kier molecular flexibility index (Phi) is 3.55. The number of hydrogen-bond acceptors (Lipinski definition) is 3. The summed E-state index contributed by atoms with van der Waals surface area (Å²) in [4.78, 5) is 5.33. The van der Waals surface area contributed by atoms with Crippen LogP contribution in [-0.4, -0.2) is 16.3 Å². The molecule has 2 atom stereocenters. The number of nitrogens with zero attached hydrogens (tertiary/aromatic N) is 1. The van der Waals surface area contributed by atoms with E-state index in [1.54, 1.807) is 0 Å². The molecule has 2 nitrogen and oxygen atoms in total. The van der Waals surface area contributed by atoms with Gasteiger partial charge in [-0.1, -0.05) is 20.3 Å². The number of thioether (sulfide) groups is 1. The molecule has 0 aliphatic heterocycles. The first kappa shape index (κ1) is 11.9. The van der Waals surface area contributed by atoms with Crippen molar-refractivity contribution < 1.29 is 0 Å². The van der Waals surface area contributed by atoms with E-state index >= 15 is 0 Å². The molecule has 0 aromatic carbocycles.